The number of hydrogen-bond donors (Lipinski definition) is 1. The maximum atomic E-state index is 11.9. The van der Waals surface area contributed by atoms with Gasteiger partial charge in [-0.3, -0.25) is 0 Å². The van der Waals surface area contributed by atoms with Crippen LogP contribution in [0, 0.1) is 5.92 Å². The molecule has 2 atom stereocenters. The van der Waals surface area contributed by atoms with Gasteiger partial charge >= 0.3 is 12.1 Å². The van der Waals surface area contributed by atoms with E-state index in [1.165, 1.54) is 0 Å². The number of nitrogens with one attached hydrogen (secondary N) is 1. The summed E-state index contributed by atoms with van der Waals surface area (Å²) in [4.78, 5) is 23.2. The molecule has 2 unspecified atom stereocenters. The van der Waals surface area contributed by atoms with Gasteiger partial charge in [-0.2, -0.15) is 0 Å². The lowest BCUT2D eigenvalue weighted by atomic mass is 9.89. The summed E-state index contributed by atoms with van der Waals surface area (Å²) in [5, 5.41) is 2.58. The Balaban J connectivity index is 2.40. The van der Waals surface area contributed by atoms with Gasteiger partial charge in [0.15, 0.2) is 0 Å². The van der Waals surface area contributed by atoms with Gasteiger partial charge in [0, 0.05) is 5.57 Å². The smallest absolute Gasteiger partial charge is 0.407 e. The minimum Gasteiger partial charge on any atom is -0.460 e. The van der Waals surface area contributed by atoms with E-state index in [9.17, 15) is 9.59 Å². The first-order chi connectivity index (χ1) is 11.0. The van der Waals surface area contributed by atoms with Gasteiger partial charge in [0.25, 0.3) is 0 Å². The zero-order valence-corrected chi connectivity index (χ0v) is 15.7. The van der Waals surface area contributed by atoms with Crippen molar-refractivity contribution < 1.29 is 23.8 Å². The summed E-state index contributed by atoms with van der Waals surface area (Å²) in [6.07, 6.45) is 1.11. The van der Waals surface area contributed by atoms with Gasteiger partial charge in [0.05, 0.1) is 18.2 Å². The molecule has 0 aromatic heterocycles. The minimum atomic E-state index is -0.731. The van der Waals surface area contributed by atoms with E-state index in [1.54, 1.807) is 6.92 Å². The molecule has 1 fully saturated rings. The van der Waals surface area contributed by atoms with Crippen LogP contribution in [0.1, 0.15) is 54.4 Å². The fourth-order valence-corrected chi connectivity index (χ4v) is 2.54. The highest BCUT2D eigenvalue weighted by molar-refractivity contribution is 5.86. The summed E-state index contributed by atoms with van der Waals surface area (Å²) in [6, 6.07) is 0. The molecule has 1 aliphatic heterocycles. The third-order valence-electron chi connectivity index (χ3n) is 4.62. The van der Waals surface area contributed by atoms with Crippen molar-refractivity contribution in [3.05, 3.63) is 12.2 Å². The van der Waals surface area contributed by atoms with E-state index in [4.69, 9.17) is 14.2 Å². The van der Waals surface area contributed by atoms with Crippen molar-refractivity contribution in [1.82, 2.24) is 5.32 Å². The molecule has 24 heavy (non-hydrogen) atoms. The monoisotopic (exact) mass is 341 g/mol. The van der Waals surface area contributed by atoms with Gasteiger partial charge < -0.3 is 19.5 Å². The fraction of sp³-hybridized carbons (Fsp3) is 0.778. The molecule has 0 radical (unpaired) electrons. The molecule has 1 saturated heterocycles. The third kappa shape index (κ3) is 5.51. The summed E-state index contributed by atoms with van der Waals surface area (Å²) in [6.45, 7) is 15.4. The third-order valence-corrected chi connectivity index (χ3v) is 4.62. The highest BCUT2D eigenvalue weighted by Gasteiger charge is 2.46. The van der Waals surface area contributed by atoms with Gasteiger partial charge in [-0.15, -0.1) is 0 Å². The molecule has 1 N–H and O–H groups in total. The van der Waals surface area contributed by atoms with Crippen LogP contribution in [0.3, 0.4) is 0 Å². The van der Waals surface area contributed by atoms with Crippen molar-refractivity contribution >= 4 is 12.1 Å². The molecule has 6 nitrogen and oxygen atoms in total. The molecular weight excluding hydrogens is 310 g/mol. The van der Waals surface area contributed by atoms with Crippen molar-refractivity contribution in [2.75, 3.05) is 13.2 Å². The second kappa shape index (κ2) is 8.01. The maximum absolute atomic E-state index is 11.9. The Kier molecular flexibility index (Phi) is 6.84. The molecule has 0 saturated carbocycles. The van der Waals surface area contributed by atoms with Crippen LogP contribution < -0.4 is 5.32 Å². The van der Waals surface area contributed by atoms with Gasteiger partial charge in [-0.05, 0) is 46.5 Å². The van der Waals surface area contributed by atoms with Crippen LogP contribution >= 0.6 is 0 Å². The van der Waals surface area contributed by atoms with Crippen LogP contribution in [0.15, 0.2) is 12.2 Å². The van der Waals surface area contributed by atoms with Crippen molar-refractivity contribution in [3.63, 3.8) is 0 Å². The Hall–Kier alpha value is -1.56. The average molecular weight is 341 g/mol. The standard InChI is InChI=1S/C18H31NO5/c1-12(2)15(20)22-11-10-19-16(21)24-17(5,6)14-8-9-18(7,23-14)13(3)4/h13-14H,1,8-11H2,2-7H3,(H,19,21). The number of carbonyl (C=O) groups excluding carboxylic acids is 2. The Labute approximate surface area is 144 Å². The topological polar surface area (TPSA) is 73.9 Å². The van der Waals surface area contributed by atoms with E-state index >= 15 is 0 Å². The summed E-state index contributed by atoms with van der Waals surface area (Å²) in [7, 11) is 0. The molecule has 0 spiro atoms. The first kappa shape index (κ1) is 20.5. The molecule has 0 aromatic rings. The largest absolute Gasteiger partial charge is 0.460 e. The average Bonchev–Trinajstić information content (AvgIpc) is 2.87. The fourth-order valence-electron chi connectivity index (χ4n) is 2.54. The van der Waals surface area contributed by atoms with Crippen molar-refractivity contribution in [2.24, 2.45) is 5.92 Å². The first-order valence-corrected chi connectivity index (χ1v) is 8.45. The summed E-state index contributed by atoms with van der Waals surface area (Å²) >= 11 is 0. The zero-order valence-electron chi connectivity index (χ0n) is 15.7. The van der Waals surface area contributed by atoms with Crippen molar-refractivity contribution in [3.8, 4) is 0 Å². The second-order valence-corrected chi connectivity index (χ2v) is 7.45. The summed E-state index contributed by atoms with van der Waals surface area (Å²) in [5.74, 6) is -0.0760. The van der Waals surface area contributed by atoms with Crippen molar-refractivity contribution in [1.29, 1.82) is 0 Å². The Morgan fingerprint density at radius 3 is 2.54 bits per heavy atom. The molecule has 1 rings (SSSR count). The molecule has 6 heteroatoms. The molecule has 1 amide bonds. The number of amides is 1. The molecule has 138 valence electrons. The lowest BCUT2D eigenvalue weighted by Gasteiger charge is -2.35. The van der Waals surface area contributed by atoms with E-state index in [-0.39, 0.29) is 24.9 Å². The van der Waals surface area contributed by atoms with E-state index in [0.29, 0.717) is 11.5 Å². The predicted molar refractivity (Wildman–Crippen MR) is 91.7 cm³/mol. The molecule has 0 aliphatic carbocycles. The Morgan fingerprint density at radius 2 is 2.04 bits per heavy atom. The normalized spacial score (nSPS) is 23.9. The number of esters is 1. The number of carbonyl (C=O) groups is 2. The van der Waals surface area contributed by atoms with E-state index in [1.807, 2.05) is 13.8 Å². The van der Waals surface area contributed by atoms with Crippen LogP contribution in [0.25, 0.3) is 0 Å². The SMILES string of the molecule is C=C(C)C(=O)OCCNC(=O)OC(C)(C)C1CCC(C)(C(C)C)O1. The van der Waals surface area contributed by atoms with Crippen LogP contribution in [0.2, 0.25) is 0 Å². The lowest BCUT2D eigenvalue weighted by Crippen LogP contribution is -2.45. The number of rotatable bonds is 7. The van der Waals surface area contributed by atoms with E-state index < -0.39 is 17.7 Å². The molecule has 1 heterocycles. The summed E-state index contributed by atoms with van der Waals surface area (Å²) in [5.41, 5.74) is -0.589. The quantitative estimate of drug-likeness (QED) is 0.437. The highest BCUT2D eigenvalue weighted by atomic mass is 16.6. The van der Waals surface area contributed by atoms with Crippen molar-refractivity contribution in [2.45, 2.75) is 71.7 Å². The zero-order chi connectivity index (χ0) is 18.5. The van der Waals surface area contributed by atoms with E-state index in [0.717, 1.165) is 12.8 Å². The Morgan fingerprint density at radius 1 is 1.42 bits per heavy atom. The van der Waals surface area contributed by atoms with Crippen LogP contribution in [0.4, 0.5) is 4.79 Å². The number of hydrogen-bond acceptors (Lipinski definition) is 5. The molecular formula is C18H31NO5. The lowest BCUT2D eigenvalue weighted by molar-refractivity contribution is -0.139. The predicted octanol–water partition coefficient (Wildman–Crippen LogP) is 3.20. The first-order valence-electron chi connectivity index (χ1n) is 8.45. The van der Waals surface area contributed by atoms with E-state index in [2.05, 4.69) is 32.7 Å². The molecule has 0 bridgehead atoms. The number of ether oxygens (including phenoxy) is 3. The highest BCUT2D eigenvalue weighted by Crippen LogP contribution is 2.40. The number of alkyl carbamates (subject to hydrolysis) is 1. The second-order valence-electron chi connectivity index (χ2n) is 7.45. The molecule has 0 aromatic carbocycles. The Bertz CT molecular complexity index is 486. The van der Waals surface area contributed by atoms with Gasteiger partial charge in [0.2, 0.25) is 0 Å². The molecule has 1 aliphatic rings. The van der Waals surface area contributed by atoms with Crippen LogP contribution in [-0.4, -0.2) is 42.5 Å². The van der Waals surface area contributed by atoms with Gasteiger partial charge in [-0.25, -0.2) is 9.59 Å². The minimum absolute atomic E-state index is 0.0760. The van der Waals surface area contributed by atoms with Gasteiger partial charge in [-0.1, -0.05) is 20.4 Å². The maximum Gasteiger partial charge on any atom is 0.407 e. The van der Waals surface area contributed by atoms with Crippen LogP contribution in [-0.2, 0) is 19.0 Å². The van der Waals surface area contributed by atoms with Gasteiger partial charge in [0.1, 0.15) is 12.2 Å². The van der Waals surface area contributed by atoms with Crippen LogP contribution in [0.5, 0.6) is 0 Å². The summed E-state index contributed by atoms with van der Waals surface area (Å²) < 4.78 is 16.6.